The van der Waals surface area contributed by atoms with Crippen LogP contribution in [-0.4, -0.2) is 40.2 Å². The lowest BCUT2D eigenvalue weighted by Gasteiger charge is -2.27. The molecule has 0 fully saturated rings. The smallest absolute Gasteiger partial charge is 0.478 e. The van der Waals surface area contributed by atoms with Crippen molar-refractivity contribution in [3.63, 3.8) is 0 Å². The number of hydrogen-bond acceptors (Lipinski definition) is 4. The van der Waals surface area contributed by atoms with Gasteiger partial charge in [0.25, 0.3) is 0 Å². The van der Waals surface area contributed by atoms with Crippen LogP contribution in [-0.2, 0) is 18.1 Å². The Balaban J connectivity index is 3.80. The predicted octanol–water partition coefficient (Wildman–Crippen LogP) is 3.63. The summed E-state index contributed by atoms with van der Waals surface area (Å²) in [5, 5.41) is 8.70. The molecule has 0 aliphatic carbocycles. The summed E-state index contributed by atoms with van der Waals surface area (Å²) in [5.74, 6) is -0.890. The number of rotatable bonds is 14. The van der Waals surface area contributed by atoms with E-state index in [0.717, 1.165) is 38.1 Å². The van der Waals surface area contributed by atoms with Crippen molar-refractivity contribution in [2.45, 2.75) is 58.4 Å². The summed E-state index contributed by atoms with van der Waals surface area (Å²) < 4.78 is 17.0. The molecule has 6 heteroatoms. The summed E-state index contributed by atoms with van der Waals surface area (Å²) in [4.78, 5) is 10.6. The van der Waals surface area contributed by atoms with E-state index in [-0.39, 0.29) is 0 Å². The van der Waals surface area contributed by atoms with Gasteiger partial charge in [0.1, 0.15) is 0 Å². The van der Waals surface area contributed by atoms with E-state index in [2.05, 4.69) is 6.58 Å². The molecule has 0 aromatic rings. The fraction of sp³-hybridized carbons (Fsp3) is 0.800. The molecule has 5 nitrogen and oxygen atoms in total. The van der Waals surface area contributed by atoms with Crippen molar-refractivity contribution in [3.8, 4) is 0 Å². The molecule has 0 radical (unpaired) electrons. The Morgan fingerprint density at radius 2 is 1.57 bits per heavy atom. The van der Waals surface area contributed by atoms with Gasteiger partial charge < -0.3 is 18.4 Å². The molecular formula is C15H30O5Si. The molecule has 0 spiro atoms. The quantitative estimate of drug-likeness (QED) is 0.301. The van der Waals surface area contributed by atoms with Gasteiger partial charge in [0, 0.05) is 31.9 Å². The summed E-state index contributed by atoms with van der Waals surface area (Å²) in [7, 11) is -0.801. The van der Waals surface area contributed by atoms with Crippen LogP contribution in [0.5, 0.6) is 0 Å². The highest BCUT2D eigenvalue weighted by Crippen LogP contribution is 2.20. The second-order valence-corrected chi connectivity index (χ2v) is 7.78. The van der Waals surface area contributed by atoms with Gasteiger partial charge in [0.2, 0.25) is 0 Å². The molecule has 0 heterocycles. The van der Waals surface area contributed by atoms with E-state index in [1.54, 1.807) is 7.11 Å². The number of unbranched alkanes of at least 4 members (excludes halogenated alkanes) is 4. The molecule has 0 aliphatic rings. The molecule has 21 heavy (non-hydrogen) atoms. The average Bonchev–Trinajstić information content (AvgIpc) is 2.46. The number of carboxylic acid groups (broad SMARTS) is 1. The Bertz CT molecular complexity index is 300. The molecule has 0 aliphatic heterocycles. The molecule has 1 N–H and O–H groups in total. The first kappa shape index (κ1) is 20.3. The van der Waals surface area contributed by atoms with Gasteiger partial charge in [-0.2, -0.15) is 0 Å². The number of aliphatic carboxylic acids is 1. The molecule has 0 aromatic carbocycles. The predicted molar refractivity (Wildman–Crippen MR) is 85.3 cm³/mol. The molecular weight excluding hydrogens is 288 g/mol. The number of hydrogen-bond donors (Lipinski definition) is 1. The standard InChI is InChI=1S/C15H30O5Si/c1-5-19-21(18-4,20-6-2)13-11-9-7-8-10-12-14(3)15(16)17/h3,5-13H2,1-2,4H3,(H,16,17). The molecule has 0 unspecified atom stereocenters. The third-order valence-corrected chi connectivity index (χ3v) is 6.35. The Morgan fingerprint density at radius 3 is 2.05 bits per heavy atom. The second-order valence-electron chi connectivity index (χ2n) is 4.93. The van der Waals surface area contributed by atoms with Gasteiger partial charge in [0.05, 0.1) is 0 Å². The second kappa shape index (κ2) is 11.9. The zero-order chi connectivity index (χ0) is 16.1. The first-order chi connectivity index (χ1) is 10.0. The average molecular weight is 318 g/mol. The molecule has 124 valence electrons. The summed E-state index contributed by atoms with van der Waals surface area (Å²) in [6, 6.07) is 0.840. The van der Waals surface area contributed by atoms with E-state index in [4.69, 9.17) is 18.4 Å². The molecule has 0 atom stereocenters. The Morgan fingerprint density at radius 1 is 1.05 bits per heavy atom. The SMILES string of the molecule is C=C(CCCCCCC[Si](OC)(OCC)OCC)C(=O)O. The fourth-order valence-corrected chi connectivity index (χ4v) is 4.54. The van der Waals surface area contributed by atoms with Crippen molar-refractivity contribution in [1.29, 1.82) is 0 Å². The number of carboxylic acids is 1. The topological polar surface area (TPSA) is 65.0 Å². The lowest BCUT2D eigenvalue weighted by molar-refractivity contribution is -0.132. The maximum Gasteiger partial charge on any atom is 0.500 e. The van der Waals surface area contributed by atoms with Crippen LogP contribution in [0.3, 0.4) is 0 Å². The zero-order valence-corrected chi connectivity index (χ0v) is 14.7. The van der Waals surface area contributed by atoms with Gasteiger partial charge in [-0.25, -0.2) is 4.79 Å². The lowest BCUT2D eigenvalue weighted by Crippen LogP contribution is -2.44. The van der Waals surface area contributed by atoms with Gasteiger partial charge in [-0.3, -0.25) is 0 Å². The van der Waals surface area contributed by atoms with E-state index in [1.165, 1.54) is 0 Å². The minimum Gasteiger partial charge on any atom is -0.478 e. The molecule has 0 saturated carbocycles. The van der Waals surface area contributed by atoms with E-state index in [0.29, 0.717) is 25.2 Å². The van der Waals surface area contributed by atoms with E-state index < -0.39 is 14.8 Å². The van der Waals surface area contributed by atoms with Crippen molar-refractivity contribution in [1.82, 2.24) is 0 Å². The minimum absolute atomic E-state index is 0.300. The summed E-state index contributed by atoms with van der Waals surface area (Å²) in [6.07, 6.45) is 5.66. The number of carbonyl (C=O) groups is 1. The van der Waals surface area contributed by atoms with Crippen LogP contribution >= 0.6 is 0 Å². The fourth-order valence-electron chi connectivity index (χ4n) is 2.16. The van der Waals surface area contributed by atoms with Crippen LogP contribution < -0.4 is 0 Å². The highest BCUT2D eigenvalue weighted by Gasteiger charge is 2.38. The normalized spacial score (nSPS) is 11.6. The van der Waals surface area contributed by atoms with Crippen molar-refractivity contribution in [2.24, 2.45) is 0 Å². The molecule has 0 saturated heterocycles. The largest absolute Gasteiger partial charge is 0.500 e. The van der Waals surface area contributed by atoms with Crippen molar-refractivity contribution in [3.05, 3.63) is 12.2 Å². The first-order valence-corrected chi connectivity index (χ1v) is 9.68. The molecule has 0 rings (SSSR count). The van der Waals surface area contributed by atoms with Crippen LogP contribution in [0, 0.1) is 0 Å². The van der Waals surface area contributed by atoms with Gasteiger partial charge in [0.15, 0.2) is 0 Å². The zero-order valence-electron chi connectivity index (χ0n) is 13.7. The molecule has 0 amide bonds. The monoisotopic (exact) mass is 318 g/mol. The minimum atomic E-state index is -2.46. The summed E-state index contributed by atoms with van der Waals surface area (Å²) >= 11 is 0. The first-order valence-electron chi connectivity index (χ1n) is 7.75. The lowest BCUT2D eigenvalue weighted by atomic mass is 10.1. The maximum atomic E-state index is 10.6. The third-order valence-electron chi connectivity index (χ3n) is 3.30. The van der Waals surface area contributed by atoms with Gasteiger partial charge >= 0.3 is 14.8 Å². The summed E-state index contributed by atoms with van der Waals surface area (Å²) in [5.41, 5.74) is 0.300. The Kier molecular flexibility index (Phi) is 11.5. The molecule has 0 bridgehead atoms. The maximum absolute atomic E-state index is 10.6. The van der Waals surface area contributed by atoms with Crippen LogP contribution in [0.1, 0.15) is 52.4 Å². The highest BCUT2D eigenvalue weighted by atomic mass is 28.4. The van der Waals surface area contributed by atoms with Crippen molar-refractivity contribution >= 4 is 14.8 Å². The Labute approximate surface area is 129 Å². The van der Waals surface area contributed by atoms with Gasteiger partial charge in [-0.15, -0.1) is 0 Å². The van der Waals surface area contributed by atoms with Crippen molar-refractivity contribution < 1.29 is 23.2 Å². The molecule has 0 aromatic heterocycles. The Hall–Kier alpha value is -0.693. The van der Waals surface area contributed by atoms with Gasteiger partial charge in [-0.05, 0) is 33.1 Å². The van der Waals surface area contributed by atoms with Crippen LogP contribution in [0.15, 0.2) is 12.2 Å². The van der Waals surface area contributed by atoms with E-state index in [9.17, 15) is 4.79 Å². The van der Waals surface area contributed by atoms with Crippen LogP contribution in [0.2, 0.25) is 6.04 Å². The van der Waals surface area contributed by atoms with Crippen molar-refractivity contribution in [2.75, 3.05) is 20.3 Å². The summed E-state index contributed by atoms with van der Waals surface area (Å²) in [6.45, 7) is 8.65. The van der Waals surface area contributed by atoms with Gasteiger partial charge in [-0.1, -0.05) is 25.8 Å². The van der Waals surface area contributed by atoms with Crippen LogP contribution in [0.25, 0.3) is 0 Å². The third kappa shape index (κ3) is 9.03. The van der Waals surface area contributed by atoms with E-state index >= 15 is 0 Å². The highest BCUT2D eigenvalue weighted by molar-refractivity contribution is 6.60. The van der Waals surface area contributed by atoms with Crippen LogP contribution in [0.4, 0.5) is 0 Å². The van der Waals surface area contributed by atoms with E-state index in [1.807, 2.05) is 13.8 Å².